The summed E-state index contributed by atoms with van der Waals surface area (Å²) in [5, 5.41) is 17.8. The molecule has 1 aromatic rings. The third kappa shape index (κ3) is 3.73. The van der Waals surface area contributed by atoms with E-state index in [0.29, 0.717) is 6.42 Å². The smallest absolute Gasteiger partial charge is 0.118 e. The number of ether oxygens (including phenoxy) is 1. The highest BCUT2D eigenvalue weighted by Gasteiger charge is 1.96. The number of benzene rings is 1. The van der Waals surface area contributed by atoms with Gasteiger partial charge >= 0.3 is 0 Å². The fourth-order valence-corrected chi connectivity index (χ4v) is 1.28. The van der Waals surface area contributed by atoms with E-state index in [9.17, 15) is 0 Å². The molecule has 0 heterocycles. The maximum Gasteiger partial charge on any atom is 0.118 e. The van der Waals surface area contributed by atoms with E-state index in [1.165, 1.54) is 0 Å². The molecule has 0 bridgehead atoms. The molecule has 0 saturated carbocycles. The summed E-state index contributed by atoms with van der Waals surface area (Å²) < 4.78 is 5.04. The first-order chi connectivity index (χ1) is 7.30. The lowest BCUT2D eigenvalue weighted by Gasteiger charge is -2.03. The molecule has 0 aromatic heterocycles. The second kappa shape index (κ2) is 6.22. The number of aliphatic hydroxyl groups excluding tert-OH is 2. The normalized spacial score (nSPS) is 11.5. The summed E-state index contributed by atoms with van der Waals surface area (Å²) in [7, 11) is 1.62. The zero-order valence-electron chi connectivity index (χ0n) is 8.81. The van der Waals surface area contributed by atoms with Crippen molar-refractivity contribution in [3.8, 4) is 5.75 Å². The van der Waals surface area contributed by atoms with E-state index in [4.69, 9.17) is 14.9 Å². The van der Waals surface area contributed by atoms with Crippen molar-refractivity contribution in [2.24, 2.45) is 0 Å². The molecule has 1 aromatic carbocycles. The van der Waals surface area contributed by atoms with Gasteiger partial charge in [0.05, 0.1) is 13.7 Å². The van der Waals surface area contributed by atoms with E-state index in [1.807, 2.05) is 30.3 Å². The molecule has 3 nitrogen and oxygen atoms in total. The molecule has 0 fully saturated rings. The molecule has 0 saturated heterocycles. The van der Waals surface area contributed by atoms with Gasteiger partial charge in [0.25, 0.3) is 0 Å². The lowest BCUT2D eigenvalue weighted by atomic mass is 10.1. The van der Waals surface area contributed by atoms with Crippen LogP contribution in [0, 0.1) is 0 Å². The zero-order valence-corrected chi connectivity index (χ0v) is 8.81. The molecule has 1 rings (SSSR count). The predicted octanol–water partition coefficient (Wildman–Crippen LogP) is 1.45. The van der Waals surface area contributed by atoms with Gasteiger partial charge in [-0.25, -0.2) is 0 Å². The van der Waals surface area contributed by atoms with Gasteiger partial charge in [-0.1, -0.05) is 18.2 Å². The lowest BCUT2D eigenvalue weighted by Crippen LogP contribution is -1.94. The molecule has 15 heavy (non-hydrogen) atoms. The van der Waals surface area contributed by atoms with E-state index in [2.05, 4.69) is 0 Å². The highest BCUT2D eigenvalue weighted by Crippen LogP contribution is 2.14. The van der Waals surface area contributed by atoms with Gasteiger partial charge in [-0.15, -0.1) is 0 Å². The molecule has 0 aliphatic rings. The van der Waals surface area contributed by atoms with Crippen molar-refractivity contribution in [3.63, 3.8) is 0 Å². The van der Waals surface area contributed by atoms with Crippen molar-refractivity contribution in [3.05, 3.63) is 35.4 Å². The standard InChI is InChI=1S/C12H16O3/c1-15-12-4-2-10(3-5-12)8-11(9-14)6-7-13/h2-5,8,13-14H,6-7,9H2,1H3. The van der Waals surface area contributed by atoms with Crippen LogP contribution in [0.15, 0.2) is 29.8 Å². The number of hydrogen-bond donors (Lipinski definition) is 2. The average Bonchev–Trinajstić information content (AvgIpc) is 2.29. The maximum absolute atomic E-state index is 9.02. The summed E-state index contributed by atoms with van der Waals surface area (Å²) >= 11 is 0. The maximum atomic E-state index is 9.02. The molecule has 0 amide bonds. The second-order valence-corrected chi connectivity index (χ2v) is 3.21. The summed E-state index contributed by atoms with van der Waals surface area (Å²) in [4.78, 5) is 0. The molecule has 0 aliphatic carbocycles. The van der Waals surface area contributed by atoms with Gasteiger partial charge in [0.1, 0.15) is 5.75 Å². The van der Waals surface area contributed by atoms with Crippen LogP contribution in [0.2, 0.25) is 0 Å². The van der Waals surface area contributed by atoms with Crippen molar-refractivity contribution >= 4 is 6.08 Å². The Morgan fingerprint density at radius 1 is 1.27 bits per heavy atom. The van der Waals surface area contributed by atoms with Crippen molar-refractivity contribution < 1.29 is 14.9 Å². The predicted molar refractivity (Wildman–Crippen MR) is 59.8 cm³/mol. The van der Waals surface area contributed by atoms with Crippen LogP contribution in [-0.4, -0.2) is 30.5 Å². The first-order valence-electron chi connectivity index (χ1n) is 4.85. The van der Waals surface area contributed by atoms with Crippen LogP contribution in [-0.2, 0) is 0 Å². The van der Waals surface area contributed by atoms with Crippen LogP contribution in [0.1, 0.15) is 12.0 Å². The number of methoxy groups -OCH3 is 1. The monoisotopic (exact) mass is 208 g/mol. The summed E-state index contributed by atoms with van der Waals surface area (Å²) in [6.07, 6.45) is 2.37. The quantitative estimate of drug-likeness (QED) is 0.770. The second-order valence-electron chi connectivity index (χ2n) is 3.21. The fourth-order valence-electron chi connectivity index (χ4n) is 1.28. The number of hydrogen-bond acceptors (Lipinski definition) is 3. The summed E-state index contributed by atoms with van der Waals surface area (Å²) in [5.41, 5.74) is 1.82. The molecule has 82 valence electrons. The fraction of sp³-hybridized carbons (Fsp3) is 0.333. The molecule has 0 radical (unpaired) electrons. The number of aliphatic hydroxyl groups is 2. The summed E-state index contributed by atoms with van der Waals surface area (Å²) in [6, 6.07) is 7.54. The molecular weight excluding hydrogens is 192 g/mol. The third-order valence-corrected chi connectivity index (χ3v) is 2.12. The van der Waals surface area contributed by atoms with E-state index in [1.54, 1.807) is 7.11 Å². The van der Waals surface area contributed by atoms with Gasteiger partial charge in [0.2, 0.25) is 0 Å². The topological polar surface area (TPSA) is 49.7 Å². The van der Waals surface area contributed by atoms with E-state index >= 15 is 0 Å². The van der Waals surface area contributed by atoms with Crippen LogP contribution < -0.4 is 4.74 Å². The molecule has 0 aliphatic heterocycles. The Morgan fingerprint density at radius 2 is 1.93 bits per heavy atom. The Bertz CT molecular complexity index is 314. The van der Waals surface area contributed by atoms with E-state index in [-0.39, 0.29) is 13.2 Å². The van der Waals surface area contributed by atoms with Crippen LogP contribution in [0.25, 0.3) is 6.08 Å². The van der Waals surface area contributed by atoms with Crippen LogP contribution in [0.4, 0.5) is 0 Å². The molecule has 3 heteroatoms. The van der Waals surface area contributed by atoms with Gasteiger partial charge < -0.3 is 14.9 Å². The Hall–Kier alpha value is -1.32. The van der Waals surface area contributed by atoms with Gasteiger partial charge in [-0.2, -0.15) is 0 Å². The third-order valence-electron chi connectivity index (χ3n) is 2.12. The molecule has 0 atom stereocenters. The Labute approximate surface area is 89.6 Å². The SMILES string of the molecule is COc1ccc(C=C(CO)CCO)cc1. The molecule has 2 N–H and O–H groups in total. The molecule has 0 unspecified atom stereocenters. The summed E-state index contributed by atoms with van der Waals surface area (Å²) in [6.45, 7) is 0.0368. The van der Waals surface area contributed by atoms with Gasteiger partial charge in [0.15, 0.2) is 0 Å². The minimum absolute atomic E-state index is 0.0212. The van der Waals surface area contributed by atoms with Gasteiger partial charge in [-0.3, -0.25) is 0 Å². The largest absolute Gasteiger partial charge is 0.497 e. The van der Waals surface area contributed by atoms with Crippen molar-refractivity contribution in [2.75, 3.05) is 20.3 Å². The Balaban J connectivity index is 2.77. The van der Waals surface area contributed by atoms with Gasteiger partial charge in [0, 0.05) is 6.61 Å². The van der Waals surface area contributed by atoms with Crippen molar-refractivity contribution in [1.29, 1.82) is 0 Å². The average molecular weight is 208 g/mol. The van der Waals surface area contributed by atoms with Crippen LogP contribution in [0.5, 0.6) is 5.75 Å². The number of rotatable bonds is 5. The lowest BCUT2D eigenvalue weighted by molar-refractivity contribution is 0.279. The molecular formula is C12H16O3. The Morgan fingerprint density at radius 3 is 2.40 bits per heavy atom. The molecule has 0 spiro atoms. The van der Waals surface area contributed by atoms with E-state index < -0.39 is 0 Å². The van der Waals surface area contributed by atoms with Crippen LogP contribution >= 0.6 is 0 Å². The van der Waals surface area contributed by atoms with Crippen LogP contribution in [0.3, 0.4) is 0 Å². The zero-order chi connectivity index (χ0) is 11.1. The highest BCUT2D eigenvalue weighted by atomic mass is 16.5. The van der Waals surface area contributed by atoms with E-state index in [0.717, 1.165) is 16.9 Å². The highest BCUT2D eigenvalue weighted by molar-refractivity contribution is 5.54. The Kier molecular flexibility index (Phi) is 4.87. The summed E-state index contributed by atoms with van der Waals surface area (Å²) in [5.74, 6) is 0.805. The first-order valence-corrected chi connectivity index (χ1v) is 4.85. The van der Waals surface area contributed by atoms with Crippen molar-refractivity contribution in [2.45, 2.75) is 6.42 Å². The van der Waals surface area contributed by atoms with Crippen molar-refractivity contribution in [1.82, 2.24) is 0 Å². The first kappa shape index (κ1) is 11.8. The minimum atomic E-state index is -0.0212. The minimum Gasteiger partial charge on any atom is -0.497 e. The van der Waals surface area contributed by atoms with Gasteiger partial charge in [-0.05, 0) is 29.7 Å².